The molecule has 0 fully saturated rings. The van der Waals surface area contributed by atoms with Crippen molar-refractivity contribution in [1.82, 2.24) is 5.32 Å². The van der Waals surface area contributed by atoms with Gasteiger partial charge in [0.2, 0.25) is 0 Å². The van der Waals surface area contributed by atoms with Gasteiger partial charge in [-0.15, -0.1) is 0 Å². The number of hydrogen-bond donors (Lipinski definition) is 1. The second-order valence-electron chi connectivity index (χ2n) is 2.38. The molecule has 1 N–H and O–H groups in total. The van der Waals surface area contributed by atoms with Crippen LogP contribution in [-0.4, -0.2) is 19.4 Å². The topological polar surface area (TPSA) is 50.7 Å². The normalized spacial score (nSPS) is 10.1. The van der Waals surface area contributed by atoms with Crippen molar-refractivity contribution in [2.45, 2.75) is 0 Å². The van der Waals surface area contributed by atoms with Crippen LogP contribution < -0.4 is 5.32 Å². The van der Waals surface area contributed by atoms with E-state index in [1.807, 2.05) is 24.3 Å². The summed E-state index contributed by atoms with van der Waals surface area (Å²) in [6, 6.07) is 7.48. The average molecular weight is 257 g/mol. The van der Waals surface area contributed by atoms with Crippen molar-refractivity contribution < 1.29 is 9.63 Å². The molecule has 0 atom stereocenters. The minimum atomic E-state index is -0.590. The van der Waals surface area contributed by atoms with Crippen molar-refractivity contribution in [2.75, 3.05) is 7.05 Å². The van der Waals surface area contributed by atoms with E-state index in [4.69, 9.17) is 0 Å². The zero-order chi connectivity index (χ0) is 10.4. The molecule has 0 radical (unpaired) electrons. The largest absolute Gasteiger partial charge is 0.433 e. The molecular formula is C9H9BrN2O2. The predicted molar refractivity (Wildman–Crippen MR) is 57.3 cm³/mol. The van der Waals surface area contributed by atoms with Crippen LogP contribution in [0.15, 0.2) is 33.9 Å². The van der Waals surface area contributed by atoms with Crippen LogP contribution in [0.5, 0.6) is 0 Å². The number of rotatable bonds is 2. The molecule has 0 aliphatic carbocycles. The molecule has 4 nitrogen and oxygen atoms in total. The predicted octanol–water partition coefficient (Wildman–Crippen LogP) is 2.14. The monoisotopic (exact) mass is 256 g/mol. The molecule has 5 heteroatoms. The Bertz CT molecular complexity index is 352. The maximum atomic E-state index is 10.6. The number of hydrogen-bond acceptors (Lipinski definition) is 3. The van der Waals surface area contributed by atoms with Gasteiger partial charge in [0.1, 0.15) is 0 Å². The minimum absolute atomic E-state index is 0.590. The van der Waals surface area contributed by atoms with Crippen molar-refractivity contribution in [3.8, 4) is 0 Å². The number of amides is 1. The number of carbonyl (C=O) groups is 1. The SMILES string of the molecule is CNC(=O)O/N=C/c1ccccc1Br. The maximum Gasteiger partial charge on any atom is 0.433 e. The summed E-state index contributed by atoms with van der Waals surface area (Å²) in [5, 5.41) is 5.79. The lowest BCUT2D eigenvalue weighted by Crippen LogP contribution is -2.16. The third kappa shape index (κ3) is 3.18. The van der Waals surface area contributed by atoms with Gasteiger partial charge < -0.3 is 5.32 Å². The lowest BCUT2D eigenvalue weighted by atomic mass is 10.2. The van der Waals surface area contributed by atoms with Gasteiger partial charge in [0.15, 0.2) is 0 Å². The van der Waals surface area contributed by atoms with Crippen molar-refractivity contribution in [3.05, 3.63) is 34.3 Å². The van der Waals surface area contributed by atoms with Gasteiger partial charge in [0.25, 0.3) is 0 Å². The van der Waals surface area contributed by atoms with E-state index in [0.717, 1.165) is 10.0 Å². The molecule has 0 spiro atoms. The first-order valence-corrected chi connectivity index (χ1v) is 4.70. The molecule has 0 bridgehead atoms. The van der Waals surface area contributed by atoms with E-state index in [1.54, 1.807) is 0 Å². The van der Waals surface area contributed by atoms with Gasteiger partial charge in [0.05, 0.1) is 6.21 Å². The van der Waals surface area contributed by atoms with Gasteiger partial charge in [-0.25, -0.2) is 4.79 Å². The Balaban J connectivity index is 2.60. The van der Waals surface area contributed by atoms with Gasteiger partial charge in [-0.05, 0) is 6.07 Å². The Morgan fingerprint density at radius 3 is 2.93 bits per heavy atom. The van der Waals surface area contributed by atoms with Crippen LogP contribution in [-0.2, 0) is 4.84 Å². The fourth-order valence-electron chi connectivity index (χ4n) is 0.756. The third-order valence-corrected chi connectivity index (χ3v) is 2.16. The van der Waals surface area contributed by atoms with Crippen LogP contribution in [0.4, 0.5) is 4.79 Å². The first-order chi connectivity index (χ1) is 6.74. The number of carbonyl (C=O) groups excluding carboxylic acids is 1. The van der Waals surface area contributed by atoms with Gasteiger partial charge in [0, 0.05) is 17.1 Å². The molecule has 0 heterocycles. The quantitative estimate of drug-likeness (QED) is 0.501. The highest BCUT2D eigenvalue weighted by Crippen LogP contribution is 2.13. The molecule has 0 unspecified atom stereocenters. The Morgan fingerprint density at radius 1 is 1.57 bits per heavy atom. The van der Waals surface area contributed by atoms with Gasteiger partial charge >= 0.3 is 6.09 Å². The van der Waals surface area contributed by atoms with Gasteiger partial charge in [-0.1, -0.05) is 39.3 Å². The highest BCUT2D eigenvalue weighted by molar-refractivity contribution is 9.10. The van der Waals surface area contributed by atoms with E-state index in [0.29, 0.717) is 0 Å². The first-order valence-electron chi connectivity index (χ1n) is 3.90. The third-order valence-electron chi connectivity index (χ3n) is 1.44. The number of benzene rings is 1. The highest BCUT2D eigenvalue weighted by atomic mass is 79.9. The van der Waals surface area contributed by atoms with E-state index >= 15 is 0 Å². The summed E-state index contributed by atoms with van der Waals surface area (Å²) in [5.74, 6) is 0. The van der Waals surface area contributed by atoms with Gasteiger partial charge in [-0.2, -0.15) is 0 Å². The molecule has 1 rings (SSSR count). The molecule has 0 aliphatic heterocycles. The molecule has 0 aliphatic rings. The first kappa shape index (κ1) is 10.7. The van der Waals surface area contributed by atoms with Crippen molar-refractivity contribution in [3.63, 3.8) is 0 Å². The van der Waals surface area contributed by atoms with Crippen LogP contribution in [0.25, 0.3) is 0 Å². The second-order valence-corrected chi connectivity index (χ2v) is 3.24. The van der Waals surface area contributed by atoms with Crippen LogP contribution in [0.2, 0.25) is 0 Å². The van der Waals surface area contributed by atoms with Crippen LogP contribution in [0.1, 0.15) is 5.56 Å². The molecule has 1 aromatic rings. The highest BCUT2D eigenvalue weighted by Gasteiger charge is 1.96. The number of nitrogens with zero attached hydrogens (tertiary/aromatic N) is 1. The smallest absolute Gasteiger partial charge is 0.323 e. The zero-order valence-electron chi connectivity index (χ0n) is 7.53. The Kier molecular flexibility index (Phi) is 4.12. The number of nitrogens with one attached hydrogen (secondary N) is 1. The Labute approximate surface area is 90.1 Å². The fraction of sp³-hybridized carbons (Fsp3) is 0.111. The lowest BCUT2D eigenvalue weighted by molar-refractivity contribution is 0.154. The second kappa shape index (κ2) is 5.39. The van der Waals surface area contributed by atoms with Crippen LogP contribution in [0, 0.1) is 0 Å². The zero-order valence-corrected chi connectivity index (χ0v) is 9.11. The summed E-state index contributed by atoms with van der Waals surface area (Å²) in [5.41, 5.74) is 0.844. The van der Waals surface area contributed by atoms with Crippen molar-refractivity contribution in [2.24, 2.45) is 5.16 Å². The van der Waals surface area contributed by atoms with E-state index < -0.39 is 6.09 Å². The molecule has 74 valence electrons. The maximum absolute atomic E-state index is 10.6. The molecule has 1 aromatic carbocycles. The van der Waals surface area contributed by atoms with Gasteiger partial charge in [-0.3, -0.25) is 4.84 Å². The van der Waals surface area contributed by atoms with Crippen LogP contribution >= 0.6 is 15.9 Å². The van der Waals surface area contributed by atoms with Crippen LogP contribution in [0.3, 0.4) is 0 Å². The molecular weight excluding hydrogens is 248 g/mol. The molecule has 0 aromatic heterocycles. The number of halogens is 1. The Morgan fingerprint density at radius 2 is 2.29 bits per heavy atom. The average Bonchev–Trinajstić information content (AvgIpc) is 2.20. The summed E-state index contributed by atoms with van der Waals surface area (Å²) in [6.07, 6.45) is 0.868. The molecule has 14 heavy (non-hydrogen) atoms. The summed E-state index contributed by atoms with van der Waals surface area (Å²) < 4.78 is 0.893. The summed E-state index contributed by atoms with van der Waals surface area (Å²) in [4.78, 5) is 15.1. The van der Waals surface area contributed by atoms with E-state index in [9.17, 15) is 4.79 Å². The summed E-state index contributed by atoms with van der Waals surface area (Å²) >= 11 is 3.33. The van der Waals surface area contributed by atoms with Crippen molar-refractivity contribution in [1.29, 1.82) is 0 Å². The summed E-state index contributed by atoms with van der Waals surface area (Å²) in [7, 11) is 1.47. The standard InChI is InChI=1S/C9H9BrN2O2/c1-11-9(13)14-12-6-7-4-2-3-5-8(7)10/h2-6H,1H3,(H,11,13)/b12-6+. The van der Waals surface area contributed by atoms with E-state index in [2.05, 4.69) is 31.2 Å². The van der Waals surface area contributed by atoms with E-state index in [1.165, 1.54) is 13.3 Å². The van der Waals surface area contributed by atoms with Crippen molar-refractivity contribution >= 4 is 28.2 Å². The minimum Gasteiger partial charge on any atom is -0.323 e. The number of oxime groups is 1. The fourth-order valence-corrected chi connectivity index (χ4v) is 1.14. The molecule has 0 saturated carbocycles. The molecule has 0 saturated heterocycles. The van der Waals surface area contributed by atoms with E-state index in [-0.39, 0.29) is 0 Å². The summed E-state index contributed by atoms with van der Waals surface area (Å²) in [6.45, 7) is 0. The molecule has 1 amide bonds. The lowest BCUT2D eigenvalue weighted by Gasteiger charge is -1.96. The Hall–Kier alpha value is -1.36.